The van der Waals surface area contributed by atoms with Crippen molar-refractivity contribution in [3.63, 3.8) is 0 Å². The summed E-state index contributed by atoms with van der Waals surface area (Å²) in [6.45, 7) is -0.0922. The van der Waals surface area contributed by atoms with Crippen LogP contribution >= 0.6 is 0 Å². The van der Waals surface area contributed by atoms with Crippen LogP contribution < -0.4 is 27.0 Å². The lowest BCUT2D eigenvalue weighted by Crippen LogP contribution is -2.71. The molecule has 5 atom stereocenters. The number of carbonyl (C=O) groups excluding carboxylic acids is 5. The van der Waals surface area contributed by atoms with Crippen LogP contribution in [-0.4, -0.2) is 81.8 Å². The smallest absolute Gasteiger partial charge is 0.250 e. The van der Waals surface area contributed by atoms with Crippen LogP contribution in [0.4, 0.5) is 0 Å². The number of carbonyl (C=O) groups is 5. The van der Waals surface area contributed by atoms with E-state index in [1.807, 2.05) is 0 Å². The van der Waals surface area contributed by atoms with Gasteiger partial charge in [-0.1, -0.05) is 12.1 Å². The number of primary amides is 1. The number of benzene rings is 1. The minimum absolute atomic E-state index is 0.0242. The molecule has 0 bridgehead atoms. The molecule has 0 aromatic heterocycles. The van der Waals surface area contributed by atoms with Crippen molar-refractivity contribution in [1.29, 1.82) is 0 Å². The van der Waals surface area contributed by atoms with Crippen molar-refractivity contribution in [1.82, 2.24) is 26.2 Å². The standard InChI is InChI=1S/C21H24N6O6/c22-15(29)13-6-20(8-23-13)19(33)27-9-21(7-14(27)17(31)26-20)18(32)24-12(16(30)25-21)5-10-1-3-11(28)4-2-10/h1-4,12-14,23,28H,5-9H2,(H2,22,29)(H,24,32)(H,25,30)(H,26,31)/t12-,13-,14-,20-,21-/m0/s1. The van der Waals surface area contributed by atoms with Gasteiger partial charge in [0, 0.05) is 25.8 Å². The first kappa shape index (κ1) is 21.2. The zero-order valence-electron chi connectivity index (χ0n) is 17.6. The minimum Gasteiger partial charge on any atom is -0.508 e. The number of nitrogens with one attached hydrogen (secondary N) is 4. The molecule has 174 valence electrons. The lowest BCUT2D eigenvalue weighted by atomic mass is 9.88. The topological polar surface area (TPSA) is 183 Å². The third-order valence-corrected chi connectivity index (χ3v) is 7.04. The van der Waals surface area contributed by atoms with Gasteiger partial charge in [-0.05, 0) is 17.7 Å². The fourth-order valence-electron chi connectivity index (χ4n) is 5.26. The van der Waals surface area contributed by atoms with Crippen molar-refractivity contribution in [2.75, 3.05) is 13.1 Å². The SMILES string of the molecule is NC(=O)[C@@H]1C[C@@]2(CN1)NC(=O)[C@@H]1C[C@@]3(CN1C2=O)NC(=O)[C@H](Cc1ccc(O)cc1)NC3=O. The van der Waals surface area contributed by atoms with Gasteiger partial charge >= 0.3 is 0 Å². The number of piperazine rings is 2. The number of rotatable bonds is 3. The van der Waals surface area contributed by atoms with Crippen LogP contribution in [-0.2, 0) is 30.4 Å². The Kier molecular flexibility index (Phi) is 4.60. The molecule has 0 unspecified atom stereocenters. The predicted octanol–water partition coefficient (Wildman–Crippen LogP) is -3.40. The minimum atomic E-state index is -1.42. The van der Waals surface area contributed by atoms with E-state index in [1.54, 1.807) is 12.1 Å². The molecular weight excluding hydrogens is 432 g/mol. The molecule has 4 heterocycles. The average molecular weight is 456 g/mol. The summed E-state index contributed by atoms with van der Waals surface area (Å²) in [7, 11) is 0. The Morgan fingerprint density at radius 1 is 1.06 bits per heavy atom. The summed E-state index contributed by atoms with van der Waals surface area (Å²) in [6.07, 6.45) is 0.205. The molecule has 12 nitrogen and oxygen atoms in total. The quantitative estimate of drug-likeness (QED) is 0.274. The van der Waals surface area contributed by atoms with E-state index in [0.717, 1.165) is 5.56 Å². The lowest BCUT2D eigenvalue weighted by Gasteiger charge is -2.41. The second kappa shape index (κ2) is 7.17. The maximum atomic E-state index is 13.3. The molecule has 4 saturated heterocycles. The highest BCUT2D eigenvalue weighted by Gasteiger charge is 2.63. The molecule has 1 aromatic rings. The first-order valence-electron chi connectivity index (χ1n) is 10.7. The monoisotopic (exact) mass is 456 g/mol. The molecule has 4 aliphatic heterocycles. The summed E-state index contributed by atoms with van der Waals surface area (Å²) < 4.78 is 0. The second-order valence-corrected chi connectivity index (χ2v) is 9.23. The van der Waals surface area contributed by atoms with Gasteiger partial charge in [0.1, 0.15) is 28.9 Å². The van der Waals surface area contributed by atoms with Crippen LogP contribution in [0.15, 0.2) is 24.3 Å². The van der Waals surface area contributed by atoms with E-state index in [2.05, 4.69) is 21.3 Å². The number of phenols is 1. The molecule has 0 radical (unpaired) electrons. The molecule has 12 heteroatoms. The number of aromatic hydroxyl groups is 1. The van der Waals surface area contributed by atoms with Crippen molar-refractivity contribution in [2.45, 2.75) is 48.5 Å². The summed E-state index contributed by atoms with van der Waals surface area (Å²) in [6, 6.07) is 3.83. The normalized spacial score (nSPS) is 35.4. The van der Waals surface area contributed by atoms with Crippen LogP contribution in [0.1, 0.15) is 18.4 Å². The molecule has 5 rings (SSSR count). The van der Waals surface area contributed by atoms with Crippen molar-refractivity contribution in [3.05, 3.63) is 29.8 Å². The highest BCUT2D eigenvalue weighted by molar-refractivity contribution is 6.06. The summed E-state index contributed by atoms with van der Waals surface area (Å²) >= 11 is 0. The van der Waals surface area contributed by atoms with Gasteiger partial charge in [-0.2, -0.15) is 0 Å². The van der Waals surface area contributed by atoms with E-state index in [0.29, 0.717) is 0 Å². The van der Waals surface area contributed by atoms with Gasteiger partial charge in [0.25, 0.3) is 5.91 Å². The van der Waals surface area contributed by atoms with Crippen molar-refractivity contribution in [3.8, 4) is 5.75 Å². The molecule has 4 fully saturated rings. The predicted molar refractivity (Wildman–Crippen MR) is 111 cm³/mol. The van der Waals surface area contributed by atoms with Crippen LogP contribution in [0.25, 0.3) is 0 Å². The van der Waals surface area contributed by atoms with Gasteiger partial charge < -0.3 is 37.0 Å². The van der Waals surface area contributed by atoms with Crippen molar-refractivity contribution in [2.24, 2.45) is 5.73 Å². The number of fused-ring (bicyclic) bond motifs is 1. The van der Waals surface area contributed by atoms with E-state index < -0.39 is 58.7 Å². The van der Waals surface area contributed by atoms with E-state index in [1.165, 1.54) is 17.0 Å². The van der Waals surface area contributed by atoms with Crippen LogP contribution in [0.5, 0.6) is 5.75 Å². The van der Waals surface area contributed by atoms with Crippen LogP contribution in [0.2, 0.25) is 0 Å². The number of hydrogen-bond acceptors (Lipinski definition) is 7. The van der Waals surface area contributed by atoms with E-state index in [9.17, 15) is 29.1 Å². The number of amides is 5. The maximum Gasteiger partial charge on any atom is 0.250 e. The Morgan fingerprint density at radius 2 is 1.76 bits per heavy atom. The Labute approximate surface area is 188 Å². The fraction of sp³-hybridized carbons (Fsp3) is 0.476. The second-order valence-electron chi connectivity index (χ2n) is 9.23. The molecule has 2 spiro atoms. The Hall–Kier alpha value is -3.67. The molecule has 0 aliphatic carbocycles. The van der Waals surface area contributed by atoms with Gasteiger partial charge in [-0.15, -0.1) is 0 Å². The zero-order valence-corrected chi connectivity index (χ0v) is 17.6. The van der Waals surface area contributed by atoms with Gasteiger partial charge in [-0.3, -0.25) is 24.0 Å². The number of nitrogens with zero attached hydrogens (tertiary/aromatic N) is 1. The molecule has 1 aromatic carbocycles. The highest BCUT2D eigenvalue weighted by atomic mass is 16.3. The summed E-state index contributed by atoms with van der Waals surface area (Å²) in [4.78, 5) is 65.1. The highest BCUT2D eigenvalue weighted by Crippen LogP contribution is 2.37. The average Bonchev–Trinajstić information content (AvgIpc) is 3.36. The van der Waals surface area contributed by atoms with E-state index in [-0.39, 0.29) is 38.1 Å². The zero-order chi connectivity index (χ0) is 23.5. The van der Waals surface area contributed by atoms with Crippen molar-refractivity contribution >= 4 is 29.5 Å². The van der Waals surface area contributed by atoms with Gasteiger partial charge in [0.2, 0.25) is 23.6 Å². The van der Waals surface area contributed by atoms with Gasteiger partial charge in [0.15, 0.2) is 0 Å². The third kappa shape index (κ3) is 3.28. The molecule has 5 amide bonds. The first-order chi connectivity index (χ1) is 15.6. The largest absolute Gasteiger partial charge is 0.508 e. The first-order valence-corrected chi connectivity index (χ1v) is 10.7. The van der Waals surface area contributed by atoms with Gasteiger partial charge in [0.05, 0.1) is 12.6 Å². The summed E-state index contributed by atoms with van der Waals surface area (Å²) in [5.41, 5.74) is 3.37. The Morgan fingerprint density at radius 3 is 2.42 bits per heavy atom. The number of nitrogens with two attached hydrogens (primary N) is 1. The van der Waals surface area contributed by atoms with Crippen LogP contribution in [0, 0.1) is 0 Å². The van der Waals surface area contributed by atoms with E-state index in [4.69, 9.17) is 5.73 Å². The molecule has 7 N–H and O–H groups in total. The lowest BCUT2D eigenvalue weighted by molar-refractivity contribution is -0.152. The molecule has 0 saturated carbocycles. The number of phenolic OH excluding ortho intramolecular Hbond substituents is 1. The molecular formula is C21H24N6O6. The van der Waals surface area contributed by atoms with Crippen molar-refractivity contribution < 1.29 is 29.1 Å². The molecule has 33 heavy (non-hydrogen) atoms. The fourth-order valence-corrected chi connectivity index (χ4v) is 5.26. The molecule has 4 aliphatic rings. The summed E-state index contributed by atoms with van der Waals surface area (Å²) in [5.74, 6) is -2.25. The van der Waals surface area contributed by atoms with E-state index >= 15 is 0 Å². The van der Waals surface area contributed by atoms with Gasteiger partial charge in [-0.25, -0.2) is 0 Å². The summed E-state index contributed by atoms with van der Waals surface area (Å²) in [5, 5.41) is 20.5. The number of hydrogen-bond donors (Lipinski definition) is 6. The third-order valence-electron chi connectivity index (χ3n) is 7.04. The Balaban J connectivity index is 1.33. The maximum absolute atomic E-state index is 13.3. The van der Waals surface area contributed by atoms with Crippen LogP contribution in [0.3, 0.4) is 0 Å². The Bertz CT molecular complexity index is 1080.